The number of rotatable bonds is 0. The molecule has 3 atom stereocenters. The van der Waals surface area contributed by atoms with Crippen molar-refractivity contribution < 1.29 is 4.79 Å². The molecule has 120 valence electrons. The lowest BCUT2D eigenvalue weighted by Gasteiger charge is -2.44. The first-order valence-corrected chi connectivity index (χ1v) is 8.59. The lowest BCUT2D eigenvalue weighted by Crippen LogP contribution is -2.59. The van der Waals surface area contributed by atoms with Gasteiger partial charge in [-0.15, -0.1) is 0 Å². The number of nitriles is 1. The van der Waals surface area contributed by atoms with Crippen LogP contribution in [0.3, 0.4) is 0 Å². The summed E-state index contributed by atoms with van der Waals surface area (Å²) in [6, 6.07) is 2.22. The number of nitrogens with zero attached hydrogens (tertiary/aromatic N) is 3. The molecule has 3 aliphatic rings. The number of nitrogens with one attached hydrogen (secondary N) is 1. The number of amides is 1. The van der Waals surface area contributed by atoms with Crippen molar-refractivity contribution >= 4 is 11.9 Å². The van der Waals surface area contributed by atoms with Crippen LogP contribution < -0.4 is 5.32 Å². The highest BCUT2D eigenvalue weighted by Crippen LogP contribution is 2.40. The lowest BCUT2D eigenvalue weighted by molar-refractivity contribution is -0.125. The van der Waals surface area contributed by atoms with E-state index in [1.165, 1.54) is 12.8 Å². The third kappa shape index (κ3) is 2.71. The summed E-state index contributed by atoms with van der Waals surface area (Å²) >= 11 is 0. The fraction of sp³-hybridized carbons (Fsp3) is 0.824. The summed E-state index contributed by atoms with van der Waals surface area (Å²) in [7, 11) is 0. The van der Waals surface area contributed by atoms with Gasteiger partial charge in [-0.3, -0.25) is 10.1 Å². The quantitative estimate of drug-likeness (QED) is 0.746. The van der Waals surface area contributed by atoms with E-state index in [1.807, 2.05) is 0 Å². The first-order valence-electron chi connectivity index (χ1n) is 8.59. The summed E-state index contributed by atoms with van der Waals surface area (Å²) in [6.07, 6.45) is 6.26. The van der Waals surface area contributed by atoms with Crippen molar-refractivity contribution in [3.8, 4) is 6.07 Å². The molecule has 1 aliphatic carbocycles. The molecule has 3 rings (SSSR count). The van der Waals surface area contributed by atoms with Crippen LogP contribution in [-0.2, 0) is 4.79 Å². The molecular formula is C17H26N4O. The molecule has 0 aromatic carbocycles. The number of likely N-dealkylation sites (tertiary alicyclic amines) is 1. The van der Waals surface area contributed by atoms with Gasteiger partial charge in [0.25, 0.3) is 0 Å². The molecular weight excluding hydrogens is 276 g/mol. The van der Waals surface area contributed by atoms with Crippen molar-refractivity contribution in [2.24, 2.45) is 22.7 Å². The maximum Gasteiger partial charge on any atom is 0.246 e. The molecule has 2 aliphatic heterocycles. The van der Waals surface area contributed by atoms with Crippen LogP contribution in [0.2, 0.25) is 0 Å². The van der Waals surface area contributed by atoms with Gasteiger partial charge in [-0.2, -0.15) is 5.26 Å². The van der Waals surface area contributed by atoms with Crippen LogP contribution in [0, 0.1) is 29.1 Å². The Labute approximate surface area is 132 Å². The summed E-state index contributed by atoms with van der Waals surface area (Å²) in [5, 5.41) is 12.4. The summed E-state index contributed by atoms with van der Waals surface area (Å²) in [4.78, 5) is 19.7. The highest BCUT2D eigenvalue weighted by atomic mass is 16.2. The zero-order valence-electron chi connectivity index (χ0n) is 13.6. The molecule has 1 saturated heterocycles. The average Bonchev–Trinajstić information content (AvgIpc) is 2.47. The van der Waals surface area contributed by atoms with Crippen LogP contribution in [0.4, 0.5) is 0 Å². The molecule has 1 spiro atoms. The Morgan fingerprint density at radius 3 is 2.45 bits per heavy atom. The van der Waals surface area contributed by atoms with Crippen LogP contribution in [0.5, 0.6) is 0 Å². The average molecular weight is 302 g/mol. The van der Waals surface area contributed by atoms with Gasteiger partial charge in [0.1, 0.15) is 0 Å². The normalized spacial score (nSPS) is 34.8. The van der Waals surface area contributed by atoms with Gasteiger partial charge >= 0.3 is 0 Å². The highest BCUT2D eigenvalue weighted by Gasteiger charge is 2.48. The van der Waals surface area contributed by atoms with E-state index in [9.17, 15) is 10.1 Å². The number of carbonyl (C=O) groups is 1. The standard InChI is InChI=1S/C17H26N4O/c1-12-8-13(2)11-21(10-12)16-19-15(22)14(9-18)17(20-16)6-4-3-5-7-17/h12-14H,3-8,10-11H2,1-2H3,(H,19,20,22). The van der Waals surface area contributed by atoms with Crippen molar-refractivity contribution in [1.82, 2.24) is 10.2 Å². The Balaban J connectivity index is 1.91. The number of carbonyl (C=O) groups excluding carboxylic acids is 1. The molecule has 2 heterocycles. The van der Waals surface area contributed by atoms with Gasteiger partial charge < -0.3 is 4.90 Å². The van der Waals surface area contributed by atoms with E-state index in [2.05, 4.69) is 30.1 Å². The monoisotopic (exact) mass is 302 g/mol. The highest BCUT2D eigenvalue weighted by molar-refractivity contribution is 6.02. The number of guanidine groups is 1. The Kier molecular flexibility index (Phi) is 4.12. The predicted molar refractivity (Wildman–Crippen MR) is 85.0 cm³/mol. The lowest BCUT2D eigenvalue weighted by atomic mass is 9.72. The minimum absolute atomic E-state index is 0.153. The van der Waals surface area contributed by atoms with E-state index in [1.54, 1.807) is 0 Å². The molecule has 22 heavy (non-hydrogen) atoms. The predicted octanol–water partition coefficient (Wildman–Crippen LogP) is 2.29. The van der Waals surface area contributed by atoms with Gasteiger partial charge in [0.15, 0.2) is 5.92 Å². The number of hydrogen-bond donors (Lipinski definition) is 1. The number of aliphatic imine (C=N–C) groups is 1. The van der Waals surface area contributed by atoms with Crippen LogP contribution in [0.15, 0.2) is 4.99 Å². The van der Waals surface area contributed by atoms with Crippen molar-refractivity contribution in [2.45, 2.75) is 57.9 Å². The van der Waals surface area contributed by atoms with Crippen molar-refractivity contribution in [3.63, 3.8) is 0 Å². The first kappa shape index (κ1) is 15.3. The Morgan fingerprint density at radius 2 is 1.86 bits per heavy atom. The maximum atomic E-state index is 12.5. The van der Waals surface area contributed by atoms with E-state index in [0.29, 0.717) is 11.8 Å². The van der Waals surface area contributed by atoms with Crippen molar-refractivity contribution in [1.29, 1.82) is 5.26 Å². The van der Waals surface area contributed by atoms with Crippen LogP contribution in [-0.4, -0.2) is 35.4 Å². The summed E-state index contributed by atoms with van der Waals surface area (Å²) in [5.74, 6) is 1.16. The molecule has 0 radical (unpaired) electrons. The fourth-order valence-electron chi connectivity index (χ4n) is 4.46. The first-order chi connectivity index (χ1) is 10.5. The molecule has 5 nitrogen and oxygen atoms in total. The SMILES string of the molecule is CC1CC(C)CN(C2=NC3(CCCCC3)C(C#N)C(=O)N2)C1. The Morgan fingerprint density at radius 1 is 1.23 bits per heavy atom. The second-order valence-electron chi connectivity index (χ2n) is 7.50. The van der Waals surface area contributed by atoms with E-state index < -0.39 is 11.5 Å². The molecule has 0 aromatic heterocycles. The van der Waals surface area contributed by atoms with E-state index in [4.69, 9.17) is 4.99 Å². The largest absolute Gasteiger partial charge is 0.342 e. The number of hydrogen-bond acceptors (Lipinski definition) is 4. The molecule has 1 saturated carbocycles. The van der Waals surface area contributed by atoms with Gasteiger partial charge in [-0.05, 0) is 31.1 Å². The minimum atomic E-state index is -0.629. The van der Waals surface area contributed by atoms with Crippen molar-refractivity contribution in [2.75, 3.05) is 13.1 Å². The van der Waals surface area contributed by atoms with Crippen LogP contribution in [0.1, 0.15) is 52.4 Å². The summed E-state index contributed by atoms with van der Waals surface area (Å²) < 4.78 is 0. The van der Waals surface area contributed by atoms with Crippen LogP contribution >= 0.6 is 0 Å². The molecule has 1 N–H and O–H groups in total. The topological polar surface area (TPSA) is 68.5 Å². The molecule has 3 unspecified atom stereocenters. The van der Waals surface area contributed by atoms with Gasteiger partial charge in [0.2, 0.25) is 11.9 Å². The molecule has 5 heteroatoms. The van der Waals surface area contributed by atoms with E-state index in [-0.39, 0.29) is 5.91 Å². The second kappa shape index (κ2) is 5.91. The summed E-state index contributed by atoms with van der Waals surface area (Å²) in [5.41, 5.74) is -0.478. The third-order valence-electron chi connectivity index (χ3n) is 5.38. The summed E-state index contributed by atoms with van der Waals surface area (Å²) in [6.45, 7) is 6.39. The Hall–Kier alpha value is -1.57. The van der Waals surface area contributed by atoms with Gasteiger partial charge in [-0.1, -0.05) is 33.1 Å². The molecule has 2 fully saturated rings. The molecule has 0 aromatic rings. The smallest absolute Gasteiger partial charge is 0.246 e. The van der Waals surface area contributed by atoms with Gasteiger partial charge in [0, 0.05) is 13.1 Å². The fourth-order valence-corrected chi connectivity index (χ4v) is 4.46. The maximum absolute atomic E-state index is 12.5. The van der Waals surface area contributed by atoms with Gasteiger partial charge in [0.05, 0.1) is 11.6 Å². The van der Waals surface area contributed by atoms with E-state index >= 15 is 0 Å². The van der Waals surface area contributed by atoms with Gasteiger partial charge in [-0.25, -0.2) is 4.99 Å². The van der Waals surface area contributed by atoms with E-state index in [0.717, 1.165) is 44.7 Å². The molecule has 1 amide bonds. The van der Waals surface area contributed by atoms with Crippen LogP contribution in [0.25, 0.3) is 0 Å². The zero-order valence-corrected chi connectivity index (χ0v) is 13.6. The third-order valence-corrected chi connectivity index (χ3v) is 5.38. The molecule has 0 bridgehead atoms. The second-order valence-corrected chi connectivity index (χ2v) is 7.50. The van der Waals surface area contributed by atoms with Crippen molar-refractivity contribution in [3.05, 3.63) is 0 Å². The zero-order chi connectivity index (χ0) is 15.7. The minimum Gasteiger partial charge on any atom is -0.342 e. The number of piperidine rings is 1. The Bertz CT molecular complexity index is 505.